The van der Waals surface area contributed by atoms with Crippen molar-refractivity contribution in [1.29, 1.82) is 0 Å². The minimum absolute atomic E-state index is 0.293. The lowest BCUT2D eigenvalue weighted by Gasteiger charge is -2.31. The van der Waals surface area contributed by atoms with Gasteiger partial charge in [0.25, 0.3) is 0 Å². The summed E-state index contributed by atoms with van der Waals surface area (Å²) in [4.78, 5) is 0. The highest BCUT2D eigenvalue weighted by Gasteiger charge is 2.42. The zero-order valence-electron chi connectivity index (χ0n) is 14.5. The Morgan fingerprint density at radius 2 is 1.14 bits per heavy atom. The molecular weight excluding hydrogens is 300 g/mol. The zero-order valence-corrected chi connectivity index (χ0v) is 16.4. The average molecular weight is 337 g/mol. The average Bonchev–Trinajstić information content (AvgIpc) is 2.48. The molecule has 0 N–H and O–H groups in total. The third kappa shape index (κ3) is 10.7. The summed E-state index contributed by atoms with van der Waals surface area (Å²) in [7, 11) is -2.57. The van der Waals surface area contributed by atoms with Gasteiger partial charge in [-0.2, -0.15) is 12.6 Å². The van der Waals surface area contributed by atoms with Gasteiger partial charge in [-0.3, -0.25) is 0 Å². The van der Waals surface area contributed by atoms with E-state index in [1.807, 2.05) is 0 Å². The Morgan fingerprint density at radius 1 is 0.762 bits per heavy atom. The summed E-state index contributed by atoms with van der Waals surface area (Å²) in [6.45, 7) is 10.9. The standard InChI is InChI=1S/C16H36O3SSi/c1-5-9-12-17-21(15-16(20)8-4,18-13-10-6-2)19-14-11-7-3/h16,20H,5-15H2,1-4H3. The predicted molar refractivity (Wildman–Crippen MR) is 96.2 cm³/mol. The molecule has 0 saturated carbocycles. The number of thiol groups is 1. The van der Waals surface area contributed by atoms with Crippen molar-refractivity contribution in [3.8, 4) is 0 Å². The lowest BCUT2D eigenvalue weighted by atomic mass is 10.4. The zero-order chi connectivity index (χ0) is 16.0. The van der Waals surface area contributed by atoms with E-state index in [-0.39, 0.29) is 0 Å². The Balaban J connectivity index is 4.69. The summed E-state index contributed by atoms with van der Waals surface area (Å²) in [5, 5.41) is 0.293. The van der Waals surface area contributed by atoms with Crippen molar-refractivity contribution in [2.45, 2.75) is 83.9 Å². The van der Waals surface area contributed by atoms with Crippen LogP contribution in [0.15, 0.2) is 0 Å². The van der Waals surface area contributed by atoms with Crippen LogP contribution in [0.4, 0.5) is 0 Å². The summed E-state index contributed by atoms with van der Waals surface area (Å²) in [6.07, 6.45) is 7.60. The third-order valence-electron chi connectivity index (χ3n) is 3.42. The lowest BCUT2D eigenvalue weighted by molar-refractivity contribution is 0.0562. The van der Waals surface area contributed by atoms with E-state index in [0.717, 1.165) is 70.8 Å². The van der Waals surface area contributed by atoms with E-state index >= 15 is 0 Å². The van der Waals surface area contributed by atoms with Crippen molar-refractivity contribution in [3.05, 3.63) is 0 Å². The summed E-state index contributed by atoms with van der Waals surface area (Å²) >= 11 is 4.65. The molecule has 1 unspecified atom stereocenters. The second-order valence-electron chi connectivity index (χ2n) is 5.56. The Kier molecular flexibility index (Phi) is 14.4. The van der Waals surface area contributed by atoms with E-state index in [4.69, 9.17) is 13.3 Å². The Bertz CT molecular complexity index is 203. The first kappa shape index (κ1) is 21.4. The summed E-state index contributed by atoms with van der Waals surface area (Å²) in [6, 6.07) is 0.823. The van der Waals surface area contributed by atoms with Crippen molar-refractivity contribution in [3.63, 3.8) is 0 Å². The molecule has 0 aromatic heterocycles. The molecule has 0 radical (unpaired) electrons. The summed E-state index contributed by atoms with van der Waals surface area (Å²) in [5.74, 6) is 0. The maximum atomic E-state index is 6.18. The molecule has 0 rings (SSSR count). The number of rotatable bonds is 15. The maximum absolute atomic E-state index is 6.18. The van der Waals surface area contributed by atoms with Gasteiger partial charge in [0.2, 0.25) is 0 Å². The fourth-order valence-electron chi connectivity index (χ4n) is 1.85. The number of hydrogen-bond acceptors (Lipinski definition) is 4. The minimum atomic E-state index is -2.57. The summed E-state index contributed by atoms with van der Waals surface area (Å²) < 4.78 is 18.5. The normalized spacial score (nSPS) is 13.6. The van der Waals surface area contributed by atoms with Crippen molar-refractivity contribution in [1.82, 2.24) is 0 Å². The van der Waals surface area contributed by atoms with Gasteiger partial charge in [0.1, 0.15) is 0 Å². The SMILES string of the molecule is CCCCO[Si](CC(S)CC)(OCCCC)OCCCC. The van der Waals surface area contributed by atoms with Gasteiger partial charge in [-0.1, -0.05) is 47.0 Å². The third-order valence-corrected chi connectivity index (χ3v) is 7.23. The minimum Gasteiger partial charge on any atom is -0.373 e. The van der Waals surface area contributed by atoms with Crippen molar-refractivity contribution in [2.24, 2.45) is 0 Å². The van der Waals surface area contributed by atoms with Crippen LogP contribution in [0.5, 0.6) is 0 Å². The molecule has 0 saturated heterocycles. The van der Waals surface area contributed by atoms with E-state index in [2.05, 4.69) is 40.3 Å². The predicted octanol–water partition coefficient (Wildman–Crippen LogP) is 5.08. The van der Waals surface area contributed by atoms with Gasteiger partial charge in [0.05, 0.1) is 0 Å². The van der Waals surface area contributed by atoms with E-state index < -0.39 is 8.80 Å². The van der Waals surface area contributed by atoms with Crippen LogP contribution >= 0.6 is 12.6 Å². The van der Waals surface area contributed by atoms with E-state index in [0.29, 0.717) is 5.25 Å². The molecular formula is C16H36O3SSi. The van der Waals surface area contributed by atoms with Gasteiger partial charge in [-0.25, -0.2) is 0 Å². The smallest absolute Gasteiger partial charge is 0.373 e. The molecule has 0 aromatic carbocycles. The van der Waals surface area contributed by atoms with Crippen molar-refractivity contribution >= 4 is 21.4 Å². The lowest BCUT2D eigenvalue weighted by Crippen LogP contribution is -2.48. The molecule has 0 amide bonds. The fraction of sp³-hybridized carbons (Fsp3) is 1.00. The van der Waals surface area contributed by atoms with Crippen molar-refractivity contribution in [2.75, 3.05) is 19.8 Å². The molecule has 1 atom stereocenters. The van der Waals surface area contributed by atoms with Crippen LogP contribution in [0.2, 0.25) is 6.04 Å². The number of hydrogen-bond donors (Lipinski definition) is 1. The second kappa shape index (κ2) is 14.1. The highest BCUT2D eigenvalue weighted by Crippen LogP contribution is 2.24. The van der Waals surface area contributed by atoms with E-state index in [9.17, 15) is 0 Å². The quantitative estimate of drug-likeness (QED) is 0.257. The highest BCUT2D eigenvalue weighted by molar-refractivity contribution is 7.81. The molecule has 0 fully saturated rings. The first-order valence-corrected chi connectivity index (χ1v) is 11.2. The van der Waals surface area contributed by atoms with Gasteiger partial charge in [0.15, 0.2) is 0 Å². The van der Waals surface area contributed by atoms with Gasteiger partial charge in [-0.15, -0.1) is 0 Å². The molecule has 0 aliphatic heterocycles. The fourth-order valence-corrected chi connectivity index (χ4v) is 5.36. The maximum Gasteiger partial charge on any atom is 0.502 e. The molecule has 128 valence electrons. The van der Waals surface area contributed by atoms with Crippen LogP contribution in [-0.4, -0.2) is 33.9 Å². The van der Waals surface area contributed by atoms with Gasteiger partial charge in [-0.05, 0) is 25.7 Å². The van der Waals surface area contributed by atoms with E-state index in [1.54, 1.807) is 0 Å². The van der Waals surface area contributed by atoms with Crippen molar-refractivity contribution < 1.29 is 13.3 Å². The monoisotopic (exact) mass is 336 g/mol. The van der Waals surface area contributed by atoms with Crippen LogP contribution < -0.4 is 0 Å². The van der Waals surface area contributed by atoms with E-state index in [1.165, 1.54) is 0 Å². The van der Waals surface area contributed by atoms with Gasteiger partial charge < -0.3 is 13.3 Å². The van der Waals surface area contributed by atoms with Crippen LogP contribution in [0.1, 0.15) is 72.6 Å². The Morgan fingerprint density at radius 3 is 1.43 bits per heavy atom. The molecule has 21 heavy (non-hydrogen) atoms. The molecule has 0 aliphatic carbocycles. The largest absolute Gasteiger partial charge is 0.502 e. The van der Waals surface area contributed by atoms with Crippen LogP contribution in [0, 0.1) is 0 Å². The Hall–Kier alpha value is 0.447. The van der Waals surface area contributed by atoms with Crippen LogP contribution in [0.25, 0.3) is 0 Å². The Labute approximate surface area is 138 Å². The molecule has 3 nitrogen and oxygen atoms in total. The molecule has 5 heteroatoms. The molecule has 0 bridgehead atoms. The van der Waals surface area contributed by atoms with Gasteiger partial charge >= 0.3 is 8.80 Å². The summed E-state index contributed by atoms with van der Waals surface area (Å²) in [5.41, 5.74) is 0. The molecule has 0 aliphatic rings. The molecule has 0 spiro atoms. The second-order valence-corrected chi connectivity index (χ2v) is 8.93. The highest BCUT2D eigenvalue weighted by atomic mass is 32.1. The molecule has 0 aromatic rings. The number of unbranched alkanes of at least 4 members (excludes halogenated alkanes) is 3. The first-order chi connectivity index (χ1) is 10.1. The first-order valence-electron chi connectivity index (χ1n) is 8.74. The van der Waals surface area contributed by atoms with Crippen LogP contribution in [-0.2, 0) is 13.3 Å². The topological polar surface area (TPSA) is 27.7 Å². The van der Waals surface area contributed by atoms with Gasteiger partial charge in [0, 0.05) is 31.1 Å². The van der Waals surface area contributed by atoms with Crippen LogP contribution in [0.3, 0.4) is 0 Å². The molecule has 0 heterocycles.